The van der Waals surface area contributed by atoms with Gasteiger partial charge in [0.2, 0.25) is 0 Å². The second-order valence-electron chi connectivity index (χ2n) is 7.28. The summed E-state index contributed by atoms with van der Waals surface area (Å²) in [6, 6.07) is 19.4. The summed E-state index contributed by atoms with van der Waals surface area (Å²) in [6.45, 7) is 0. The molecule has 0 spiro atoms. The summed E-state index contributed by atoms with van der Waals surface area (Å²) in [6.07, 6.45) is 3.83. The van der Waals surface area contributed by atoms with Gasteiger partial charge in [-0.2, -0.15) is 0 Å². The van der Waals surface area contributed by atoms with Crippen LogP contribution in [0.4, 0.5) is 4.39 Å². The predicted molar refractivity (Wildman–Crippen MR) is 111 cm³/mol. The Morgan fingerprint density at radius 2 is 1.75 bits per heavy atom. The van der Waals surface area contributed by atoms with Crippen molar-refractivity contribution in [3.05, 3.63) is 105 Å². The topological polar surface area (TPSA) is 37.8 Å². The van der Waals surface area contributed by atoms with Gasteiger partial charge in [-0.1, -0.05) is 36.4 Å². The lowest BCUT2D eigenvalue weighted by atomic mass is 9.92. The fraction of sp³-hybridized carbons (Fsp3) is 0.125. The molecule has 0 saturated carbocycles. The summed E-state index contributed by atoms with van der Waals surface area (Å²) < 4.78 is 15.5. The number of fused-ring (bicyclic) bond motifs is 3. The number of aromatic amines is 1. The molecule has 0 amide bonds. The van der Waals surface area contributed by atoms with Crippen LogP contribution in [0.2, 0.25) is 0 Å². The van der Waals surface area contributed by atoms with Gasteiger partial charge < -0.3 is 4.98 Å². The third-order valence-electron chi connectivity index (χ3n) is 5.57. The molecule has 1 aliphatic rings. The third kappa shape index (κ3) is 2.69. The fourth-order valence-electron chi connectivity index (χ4n) is 4.11. The number of hydrogen-bond acceptors (Lipinski definition) is 1. The molecule has 0 unspecified atom stereocenters. The highest BCUT2D eigenvalue weighted by atomic mass is 19.1. The highest BCUT2D eigenvalue weighted by Gasteiger charge is 2.18. The van der Waals surface area contributed by atoms with Gasteiger partial charge >= 0.3 is 5.69 Å². The van der Waals surface area contributed by atoms with E-state index in [4.69, 9.17) is 0 Å². The van der Waals surface area contributed by atoms with Crippen LogP contribution in [0.5, 0.6) is 0 Å². The molecular weight excluding hydrogens is 351 g/mol. The standard InChI is InChI=1S/C24H19FN2O/c1-27-23-11-6-15(13-22(23)26-24(27)28)12-21-19-5-3-2-4-16(19)7-8-17-14-18(25)9-10-20(17)21/h2-6,9-14H,7-8H2,1H3,(H,26,28). The van der Waals surface area contributed by atoms with Crippen molar-refractivity contribution in [2.75, 3.05) is 0 Å². The maximum atomic E-state index is 13.9. The maximum absolute atomic E-state index is 13.9. The molecule has 0 aliphatic heterocycles. The Morgan fingerprint density at radius 1 is 0.964 bits per heavy atom. The minimum atomic E-state index is -0.202. The highest BCUT2D eigenvalue weighted by molar-refractivity contribution is 5.95. The first-order chi connectivity index (χ1) is 13.6. The van der Waals surface area contributed by atoms with Gasteiger partial charge in [0.25, 0.3) is 0 Å². The fourth-order valence-corrected chi connectivity index (χ4v) is 4.11. The molecule has 5 rings (SSSR count). The van der Waals surface area contributed by atoms with E-state index in [1.54, 1.807) is 17.7 Å². The van der Waals surface area contributed by atoms with Crippen LogP contribution in [0.25, 0.3) is 22.7 Å². The largest absolute Gasteiger partial charge is 0.326 e. The molecule has 3 nitrogen and oxygen atoms in total. The zero-order chi connectivity index (χ0) is 19.3. The van der Waals surface area contributed by atoms with Crippen molar-refractivity contribution in [3.8, 4) is 0 Å². The Morgan fingerprint density at radius 3 is 2.64 bits per heavy atom. The van der Waals surface area contributed by atoms with Crippen molar-refractivity contribution in [1.29, 1.82) is 0 Å². The Kier molecular flexibility index (Phi) is 3.79. The molecule has 0 radical (unpaired) electrons. The molecule has 1 aliphatic carbocycles. The van der Waals surface area contributed by atoms with Gasteiger partial charge in [-0.3, -0.25) is 4.57 Å². The molecule has 1 N–H and O–H groups in total. The molecule has 1 aromatic heterocycles. The summed E-state index contributed by atoms with van der Waals surface area (Å²) in [7, 11) is 1.76. The predicted octanol–water partition coefficient (Wildman–Crippen LogP) is 4.69. The van der Waals surface area contributed by atoms with Gasteiger partial charge in [-0.25, -0.2) is 9.18 Å². The highest BCUT2D eigenvalue weighted by Crippen LogP contribution is 2.35. The SMILES string of the molecule is Cn1c(=O)[nH]c2cc(C=C3c4ccccc4CCc4cc(F)ccc43)ccc21. The summed E-state index contributed by atoms with van der Waals surface area (Å²) in [5.74, 6) is -0.202. The summed E-state index contributed by atoms with van der Waals surface area (Å²) >= 11 is 0. The number of hydrogen-bond donors (Lipinski definition) is 1. The number of benzene rings is 3. The Labute approximate surface area is 161 Å². The van der Waals surface area contributed by atoms with Crippen molar-refractivity contribution in [2.24, 2.45) is 7.05 Å². The second kappa shape index (κ2) is 6.34. The van der Waals surface area contributed by atoms with Crippen molar-refractivity contribution in [1.82, 2.24) is 9.55 Å². The van der Waals surface area contributed by atoms with Crippen LogP contribution in [0.1, 0.15) is 27.8 Å². The van der Waals surface area contributed by atoms with Crippen LogP contribution in [-0.2, 0) is 19.9 Å². The van der Waals surface area contributed by atoms with E-state index >= 15 is 0 Å². The van der Waals surface area contributed by atoms with Crippen LogP contribution in [-0.4, -0.2) is 9.55 Å². The van der Waals surface area contributed by atoms with Crippen molar-refractivity contribution >= 4 is 22.7 Å². The summed E-state index contributed by atoms with van der Waals surface area (Å²) in [5, 5.41) is 0. The molecule has 1 heterocycles. The Balaban J connectivity index is 1.75. The van der Waals surface area contributed by atoms with Crippen LogP contribution in [0, 0.1) is 5.82 Å². The van der Waals surface area contributed by atoms with E-state index < -0.39 is 0 Å². The molecule has 138 valence electrons. The number of nitrogens with one attached hydrogen (secondary N) is 1. The van der Waals surface area contributed by atoms with Gasteiger partial charge in [0, 0.05) is 7.05 Å². The van der Waals surface area contributed by atoms with E-state index in [0.29, 0.717) is 0 Å². The van der Waals surface area contributed by atoms with E-state index in [9.17, 15) is 9.18 Å². The number of aryl methyl sites for hydroxylation is 3. The molecule has 3 aromatic carbocycles. The average molecular weight is 370 g/mol. The maximum Gasteiger partial charge on any atom is 0.326 e. The zero-order valence-electron chi connectivity index (χ0n) is 15.5. The molecule has 0 atom stereocenters. The van der Waals surface area contributed by atoms with E-state index in [0.717, 1.165) is 46.1 Å². The first-order valence-electron chi connectivity index (χ1n) is 9.38. The number of H-pyrrole nitrogens is 1. The lowest BCUT2D eigenvalue weighted by molar-refractivity contribution is 0.625. The van der Waals surface area contributed by atoms with Crippen LogP contribution in [0.15, 0.2) is 65.5 Å². The second-order valence-corrected chi connectivity index (χ2v) is 7.28. The first-order valence-corrected chi connectivity index (χ1v) is 9.38. The number of aromatic nitrogens is 2. The minimum Gasteiger partial charge on any atom is -0.306 e. The van der Waals surface area contributed by atoms with Gasteiger partial charge in [0.1, 0.15) is 5.82 Å². The van der Waals surface area contributed by atoms with E-state index in [1.165, 1.54) is 17.2 Å². The monoisotopic (exact) mass is 370 g/mol. The van der Waals surface area contributed by atoms with E-state index in [2.05, 4.69) is 23.2 Å². The zero-order valence-corrected chi connectivity index (χ0v) is 15.5. The number of rotatable bonds is 1. The lowest BCUT2D eigenvalue weighted by Crippen LogP contribution is -2.11. The van der Waals surface area contributed by atoms with Gasteiger partial charge in [-0.05, 0) is 76.6 Å². The molecule has 28 heavy (non-hydrogen) atoms. The molecule has 4 aromatic rings. The lowest BCUT2D eigenvalue weighted by Gasteiger charge is -2.12. The summed E-state index contributed by atoms with van der Waals surface area (Å²) in [5.41, 5.74) is 8.16. The summed E-state index contributed by atoms with van der Waals surface area (Å²) in [4.78, 5) is 14.8. The van der Waals surface area contributed by atoms with E-state index in [1.807, 2.05) is 36.4 Å². The van der Waals surface area contributed by atoms with Crippen molar-refractivity contribution in [2.45, 2.75) is 12.8 Å². The Hall–Kier alpha value is -3.40. The number of halogens is 1. The normalized spacial score (nSPS) is 14.7. The van der Waals surface area contributed by atoms with Gasteiger partial charge in [0.15, 0.2) is 0 Å². The number of imidazole rings is 1. The number of nitrogens with zero attached hydrogens (tertiary/aromatic N) is 1. The Bertz CT molecular complexity index is 1310. The average Bonchev–Trinajstić information content (AvgIpc) is 2.89. The first kappa shape index (κ1) is 16.8. The van der Waals surface area contributed by atoms with E-state index in [-0.39, 0.29) is 11.5 Å². The van der Waals surface area contributed by atoms with Gasteiger partial charge in [-0.15, -0.1) is 0 Å². The molecule has 0 fully saturated rings. The van der Waals surface area contributed by atoms with Crippen molar-refractivity contribution < 1.29 is 4.39 Å². The molecule has 0 bridgehead atoms. The molecule has 4 heteroatoms. The van der Waals surface area contributed by atoms with Crippen LogP contribution >= 0.6 is 0 Å². The molecular formula is C24H19FN2O. The van der Waals surface area contributed by atoms with Gasteiger partial charge in [0.05, 0.1) is 11.0 Å². The smallest absolute Gasteiger partial charge is 0.306 e. The van der Waals surface area contributed by atoms with Crippen LogP contribution in [0.3, 0.4) is 0 Å². The molecule has 0 saturated heterocycles. The minimum absolute atomic E-state index is 0.125. The third-order valence-corrected chi connectivity index (χ3v) is 5.57. The van der Waals surface area contributed by atoms with Crippen molar-refractivity contribution in [3.63, 3.8) is 0 Å². The van der Waals surface area contributed by atoms with Crippen LogP contribution < -0.4 is 5.69 Å². The quantitative estimate of drug-likeness (QED) is 0.518.